The van der Waals surface area contributed by atoms with Gasteiger partial charge in [-0.3, -0.25) is 4.99 Å². The van der Waals surface area contributed by atoms with Crippen molar-refractivity contribution in [1.82, 2.24) is 15.4 Å². The molecule has 1 aliphatic rings. The standard InChI is InChI=1S/C19H40N4O3S/c1-6-20-18(23-16(2)10-11-19(3,4)5)21-12-14-27(24,25)22-15-17-9-7-8-13-26-17/h16-17,22H,6-15H2,1-5H3,(H2,20,21,23). The van der Waals surface area contributed by atoms with E-state index in [1.807, 2.05) is 6.92 Å². The number of guanidine groups is 1. The lowest BCUT2D eigenvalue weighted by Gasteiger charge is -2.23. The Bertz CT molecular complexity index is 538. The Kier molecular flexibility index (Phi) is 10.6. The Morgan fingerprint density at radius 1 is 1.30 bits per heavy atom. The summed E-state index contributed by atoms with van der Waals surface area (Å²) in [5.74, 6) is 0.650. The number of nitrogens with one attached hydrogen (secondary N) is 3. The summed E-state index contributed by atoms with van der Waals surface area (Å²) < 4.78 is 32.6. The lowest BCUT2D eigenvalue weighted by Crippen LogP contribution is -2.43. The van der Waals surface area contributed by atoms with Gasteiger partial charge in [-0.25, -0.2) is 13.1 Å². The number of hydrogen-bond acceptors (Lipinski definition) is 4. The van der Waals surface area contributed by atoms with Gasteiger partial charge in [-0.1, -0.05) is 20.8 Å². The molecule has 0 aromatic rings. The van der Waals surface area contributed by atoms with Gasteiger partial charge in [0.05, 0.1) is 18.4 Å². The maximum atomic E-state index is 12.2. The van der Waals surface area contributed by atoms with Crippen molar-refractivity contribution in [3.63, 3.8) is 0 Å². The molecule has 2 unspecified atom stereocenters. The zero-order valence-corrected chi connectivity index (χ0v) is 18.6. The molecule has 0 aromatic carbocycles. The summed E-state index contributed by atoms with van der Waals surface area (Å²) >= 11 is 0. The summed E-state index contributed by atoms with van der Waals surface area (Å²) in [7, 11) is -3.34. The molecule has 1 saturated heterocycles. The summed E-state index contributed by atoms with van der Waals surface area (Å²) in [4.78, 5) is 4.42. The Hall–Kier alpha value is -0.860. The van der Waals surface area contributed by atoms with E-state index < -0.39 is 10.0 Å². The van der Waals surface area contributed by atoms with Crippen molar-refractivity contribution in [3.8, 4) is 0 Å². The second kappa shape index (κ2) is 11.9. The van der Waals surface area contributed by atoms with Gasteiger partial charge in [-0.15, -0.1) is 0 Å². The summed E-state index contributed by atoms with van der Waals surface area (Å²) in [6.07, 6.45) is 5.23. The van der Waals surface area contributed by atoms with Gasteiger partial charge < -0.3 is 15.4 Å². The molecule has 0 radical (unpaired) electrons. The van der Waals surface area contributed by atoms with Crippen molar-refractivity contribution in [2.45, 2.75) is 78.9 Å². The molecule has 160 valence electrons. The molecule has 1 heterocycles. The molecular weight excluding hydrogens is 364 g/mol. The normalized spacial score (nSPS) is 20.3. The largest absolute Gasteiger partial charge is 0.377 e. The molecule has 0 amide bonds. The number of hydrogen-bond donors (Lipinski definition) is 3. The molecular formula is C19H40N4O3S. The average molecular weight is 405 g/mol. The fraction of sp³-hybridized carbons (Fsp3) is 0.947. The highest BCUT2D eigenvalue weighted by molar-refractivity contribution is 7.89. The van der Waals surface area contributed by atoms with Gasteiger partial charge in [0.15, 0.2) is 5.96 Å². The first-order chi connectivity index (χ1) is 12.6. The molecule has 0 aliphatic carbocycles. The van der Waals surface area contributed by atoms with Gasteiger partial charge in [-0.2, -0.15) is 0 Å². The van der Waals surface area contributed by atoms with Crippen molar-refractivity contribution >= 4 is 16.0 Å². The topological polar surface area (TPSA) is 91.8 Å². The van der Waals surface area contributed by atoms with Crippen LogP contribution in [0, 0.1) is 5.41 Å². The first-order valence-electron chi connectivity index (χ1n) is 10.2. The highest BCUT2D eigenvalue weighted by Gasteiger charge is 2.18. The van der Waals surface area contributed by atoms with E-state index in [0.717, 1.165) is 45.3 Å². The van der Waals surface area contributed by atoms with Gasteiger partial charge >= 0.3 is 0 Å². The van der Waals surface area contributed by atoms with E-state index in [1.54, 1.807) is 0 Å². The minimum absolute atomic E-state index is 0.000298. The highest BCUT2D eigenvalue weighted by Crippen LogP contribution is 2.21. The van der Waals surface area contributed by atoms with Crippen LogP contribution in [0.25, 0.3) is 0 Å². The predicted molar refractivity (Wildman–Crippen MR) is 113 cm³/mol. The maximum absolute atomic E-state index is 12.2. The molecule has 1 aliphatic heterocycles. The van der Waals surface area contributed by atoms with Gasteiger partial charge in [0.2, 0.25) is 10.0 Å². The second-order valence-corrected chi connectivity index (χ2v) is 10.5. The van der Waals surface area contributed by atoms with Crippen LogP contribution < -0.4 is 15.4 Å². The van der Waals surface area contributed by atoms with Crippen molar-refractivity contribution in [2.75, 3.05) is 32.0 Å². The van der Waals surface area contributed by atoms with Crippen LogP contribution in [0.15, 0.2) is 4.99 Å². The first kappa shape index (κ1) is 24.2. The minimum Gasteiger partial charge on any atom is -0.377 e. The Labute approximate surface area is 166 Å². The summed E-state index contributed by atoms with van der Waals surface area (Å²) in [6, 6.07) is 0.278. The van der Waals surface area contributed by atoms with E-state index in [4.69, 9.17) is 4.74 Å². The van der Waals surface area contributed by atoms with Crippen LogP contribution in [0.5, 0.6) is 0 Å². The molecule has 7 nitrogen and oxygen atoms in total. The lowest BCUT2D eigenvalue weighted by molar-refractivity contribution is 0.0200. The van der Waals surface area contributed by atoms with Gasteiger partial charge in [-0.05, 0) is 51.4 Å². The highest BCUT2D eigenvalue weighted by atomic mass is 32.2. The van der Waals surface area contributed by atoms with Crippen LogP contribution in [0.4, 0.5) is 0 Å². The second-order valence-electron chi connectivity index (χ2n) is 8.56. The quantitative estimate of drug-likeness (QED) is 0.384. The monoisotopic (exact) mass is 404 g/mol. The van der Waals surface area contributed by atoms with E-state index in [9.17, 15) is 8.42 Å². The SMILES string of the molecule is CCNC(=NCCS(=O)(=O)NCC1CCCCO1)NC(C)CCC(C)(C)C. The molecule has 0 bridgehead atoms. The lowest BCUT2D eigenvalue weighted by atomic mass is 9.89. The van der Waals surface area contributed by atoms with Crippen LogP contribution in [-0.4, -0.2) is 58.5 Å². The van der Waals surface area contributed by atoms with Crippen LogP contribution in [0.3, 0.4) is 0 Å². The predicted octanol–water partition coefficient (Wildman–Crippen LogP) is 2.24. The summed E-state index contributed by atoms with van der Waals surface area (Å²) in [5, 5.41) is 6.55. The van der Waals surface area contributed by atoms with Crippen LogP contribution in [-0.2, 0) is 14.8 Å². The summed E-state index contributed by atoms with van der Waals surface area (Å²) in [5.41, 5.74) is 0.299. The molecule has 27 heavy (non-hydrogen) atoms. The number of rotatable bonds is 10. The molecule has 1 fully saturated rings. The van der Waals surface area contributed by atoms with Crippen LogP contribution >= 0.6 is 0 Å². The fourth-order valence-electron chi connectivity index (χ4n) is 2.81. The number of ether oxygens (including phenoxy) is 1. The number of nitrogens with zero attached hydrogens (tertiary/aromatic N) is 1. The smallest absolute Gasteiger partial charge is 0.213 e. The molecule has 1 rings (SSSR count). The van der Waals surface area contributed by atoms with Crippen LogP contribution in [0.1, 0.15) is 66.7 Å². The molecule has 0 spiro atoms. The van der Waals surface area contributed by atoms with Gasteiger partial charge in [0.25, 0.3) is 0 Å². The molecule has 2 atom stereocenters. The fourth-order valence-corrected chi connectivity index (χ4v) is 3.73. The van der Waals surface area contributed by atoms with Gasteiger partial charge in [0.1, 0.15) is 0 Å². The van der Waals surface area contributed by atoms with Crippen molar-refractivity contribution < 1.29 is 13.2 Å². The van der Waals surface area contributed by atoms with E-state index in [1.165, 1.54) is 0 Å². The first-order valence-corrected chi connectivity index (χ1v) is 11.9. The third kappa shape index (κ3) is 12.3. The van der Waals surface area contributed by atoms with Gasteiger partial charge in [0, 0.05) is 25.7 Å². The molecule has 8 heteroatoms. The van der Waals surface area contributed by atoms with Crippen molar-refractivity contribution in [2.24, 2.45) is 10.4 Å². The van der Waals surface area contributed by atoms with E-state index in [-0.39, 0.29) is 24.4 Å². The minimum atomic E-state index is -3.34. The zero-order chi connectivity index (χ0) is 20.3. The molecule has 0 aromatic heterocycles. The molecule has 3 N–H and O–H groups in total. The number of sulfonamides is 1. The Morgan fingerprint density at radius 2 is 2.04 bits per heavy atom. The van der Waals surface area contributed by atoms with Crippen molar-refractivity contribution in [3.05, 3.63) is 0 Å². The maximum Gasteiger partial charge on any atom is 0.213 e. The Morgan fingerprint density at radius 3 is 2.63 bits per heavy atom. The number of aliphatic imine (C=N–C) groups is 1. The third-order valence-electron chi connectivity index (χ3n) is 4.49. The molecule has 0 saturated carbocycles. The van der Waals surface area contributed by atoms with E-state index >= 15 is 0 Å². The van der Waals surface area contributed by atoms with E-state index in [2.05, 4.69) is 48.0 Å². The van der Waals surface area contributed by atoms with Crippen LogP contribution in [0.2, 0.25) is 0 Å². The summed E-state index contributed by atoms with van der Waals surface area (Å²) in [6.45, 7) is 12.9. The average Bonchev–Trinajstić information content (AvgIpc) is 2.59. The third-order valence-corrected chi connectivity index (χ3v) is 5.82. The Balaban J connectivity index is 2.41. The zero-order valence-electron chi connectivity index (χ0n) is 17.8. The van der Waals surface area contributed by atoms with Crippen molar-refractivity contribution in [1.29, 1.82) is 0 Å². The van der Waals surface area contributed by atoms with E-state index in [0.29, 0.717) is 17.9 Å².